The molecule has 0 fully saturated rings. The van der Waals surface area contributed by atoms with Crippen LogP contribution in [-0.2, 0) is 17.8 Å². The van der Waals surface area contributed by atoms with Gasteiger partial charge in [0.25, 0.3) is 5.91 Å². The Bertz CT molecular complexity index is 896. The van der Waals surface area contributed by atoms with Crippen LogP contribution in [0, 0.1) is 17.6 Å². The zero-order valence-electron chi connectivity index (χ0n) is 16.1. The smallest absolute Gasteiger partial charge is 0.251 e. The molecule has 0 saturated heterocycles. The normalized spacial score (nSPS) is 13.4. The van der Waals surface area contributed by atoms with Crippen LogP contribution in [0.1, 0.15) is 48.2 Å². The SMILES string of the molecule is CC(C)CC(=O)N1CCCc2cc(CNC(=O)c3ccc(F)c(F)c3)ccc21. The van der Waals surface area contributed by atoms with Crippen molar-refractivity contribution in [3.63, 3.8) is 0 Å². The van der Waals surface area contributed by atoms with E-state index in [0.29, 0.717) is 12.3 Å². The number of carbonyl (C=O) groups is 2. The van der Waals surface area contributed by atoms with Crippen LogP contribution in [0.15, 0.2) is 36.4 Å². The summed E-state index contributed by atoms with van der Waals surface area (Å²) in [4.78, 5) is 26.5. The molecular formula is C22H24F2N2O2. The van der Waals surface area contributed by atoms with Crippen molar-refractivity contribution in [2.45, 2.75) is 39.7 Å². The highest BCUT2D eigenvalue weighted by Gasteiger charge is 2.23. The Morgan fingerprint density at radius 2 is 1.89 bits per heavy atom. The van der Waals surface area contributed by atoms with Crippen molar-refractivity contribution in [1.29, 1.82) is 0 Å². The Morgan fingerprint density at radius 1 is 1.11 bits per heavy atom. The van der Waals surface area contributed by atoms with Gasteiger partial charge in [0.2, 0.25) is 5.91 Å². The highest BCUT2D eigenvalue weighted by atomic mass is 19.2. The zero-order chi connectivity index (χ0) is 20.3. The van der Waals surface area contributed by atoms with Crippen molar-refractivity contribution in [2.75, 3.05) is 11.4 Å². The molecule has 3 rings (SSSR count). The first-order chi connectivity index (χ1) is 13.3. The monoisotopic (exact) mass is 386 g/mol. The van der Waals surface area contributed by atoms with Crippen molar-refractivity contribution in [3.05, 3.63) is 64.7 Å². The van der Waals surface area contributed by atoms with Gasteiger partial charge in [0.15, 0.2) is 11.6 Å². The number of anilines is 1. The van der Waals surface area contributed by atoms with Crippen molar-refractivity contribution in [3.8, 4) is 0 Å². The van der Waals surface area contributed by atoms with Gasteiger partial charge >= 0.3 is 0 Å². The topological polar surface area (TPSA) is 49.4 Å². The molecule has 1 heterocycles. The minimum Gasteiger partial charge on any atom is -0.348 e. The zero-order valence-corrected chi connectivity index (χ0v) is 16.1. The third-order valence-corrected chi connectivity index (χ3v) is 4.78. The van der Waals surface area contributed by atoms with Crippen LogP contribution in [0.5, 0.6) is 0 Å². The van der Waals surface area contributed by atoms with E-state index < -0.39 is 17.5 Å². The summed E-state index contributed by atoms with van der Waals surface area (Å²) in [5.41, 5.74) is 2.99. The van der Waals surface area contributed by atoms with E-state index in [1.165, 1.54) is 6.07 Å². The standard InChI is InChI=1S/C22H24F2N2O2/c1-14(2)10-21(27)26-9-3-4-16-11-15(5-8-20(16)26)13-25-22(28)17-6-7-18(23)19(24)12-17/h5-8,11-12,14H,3-4,9-10,13H2,1-2H3,(H,25,28). The molecule has 28 heavy (non-hydrogen) atoms. The Balaban J connectivity index is 1.69. The highest BCUT2D eigenvalue weighted by molar-refractivity contribution is 5.95. The summed E-state index contributed by atoms with van der Waals surface area (Å²) in [6.45, 7) is 5.05. The lowest BCUT2D eigenvalue weighted by atomic mass is 9.98. The quantitative estimate of drug-likeness (QED) is 0.836. The van der Waals surface area contributed by atoms with Crippen LogP contribution in [-0.4, -0.2) is 18.4 Å². The maximum absolute atomic E-state index is 13.3. The average molecular weight is 386 g/mol. The van der Waals surface area contributed by atoms with Gasteiger partial charge in [0.1, 0.15) is 0 Å². The second-order valence-electron chi connectivity index (χ2n) is 7.52. The predicted octanol–water partition coefficient (Wildman–Crippen LogP) is 4.22. The van der Waals surface area contributed by atoms with Gasteiger partial charge in [-0.05, 0) is 54.2 Å². The van der Waals surface area contributed by atoms with Crippen LogP contribution in [0.4, 0.5) is 14.5 Å². The van der Waals surface area contributed by atoms with E-state index >= 15 is 0 Å². The molecule has 1 N–H and O–H groups in total. The molecule has 0 bridgehead atoms. The van der Waals surface area contributed by atoms with Crippen LogP contribution >= 0.6 is 0 Å². The molecule has 0 saturated carbocycles. The van der Waals surface area contributed by atoms with Crippen LogP contribution in [0.25, 0.3) is 0 Å². The van der Waals surface area contributed by atoms with Gasteiger partial charge in [-0.25, -0.2) is 8.78 Å². The maximum Gasteiger partial charge on any atom is 0.251 e. The Morgan fingerprint density at radius 3 is 2.61 bits per heavy atom. The van der Waals surface area contributed by atoms with E-state index in [1.54, 1.807) is 0 Å². The summed E-state index contributed by atoms with van der Waals surface area (Å²) in [6, 6.07) is 8.87. The number of hydrogen-bond donors (Lipinski definition) is 1. The summed E-state index contributed by atoms with van der Waals surface area (Å²) in [6.07, 6.45) is 2.30. The van der Waals surface area contributed by atoms with Gasteiger partial charge < -0.3 is 10.2 Å². The van der Waals surface area contributed by atoms with Crippen LogP contribution in [0.3, 0.4) is 0 Å². The van der Waals surface area contributed by atoms with Gasteiger partial charge in [-0.15, -0.1) is 0 Å². The van der Waals surface area contributed by atoms with Gasteiger partial charge in [-0.1, -0.05) is 26.0 Å². The number of carbonyl (C=O) groups excluding carboxylic acids is 2. The summed E-state index contributed by atoms with van der Waals surface area (Å²) < 4.78 is 26.3. The Kier molecular flexibility index (Phi) is 6.07. The molecule has 1 aliphatic heterocycles. The maximum atomic E-state index is 13.3. The molecule has 0 unspecified atom stereocenters. The number of hydrogen-bond acceptors (Lipinski definition) is 2. The van der Waals surface area contributed by atoms with Gasteiger partial charge in [-0.3, -0.25) is 9.59 Å². The fraction of sp³-hybridized carbons (Fsp3) is 0.364. The number of benzene rings is 2. The van der Waals surface area contributed by atoms with E-state index in [0.717, 1.165) is 48.3 Å². The Hall–Kier alpha value is -2.76. The number of halogens is 2. The number of aryl methyl sites for hydroxylation is 1. The molecule has 2 aromatic carbocycles. The number of nitrogens with zero attached hydrogens (tertiary/aromatic N) is 1. The molecule has 148 valence electrons. The number of fused-ring (bicyclic) bond motifs is 1. The van der Waals surface area contributed by atoms with Crippen molar-refractivity contribution in [1.82, 2.24) is 5.32 Å². The fourth-order valence-electron chi connectivity index (χ4n) is 3.40. The van der Waals surface area contributed by atoms with Crippen molar-refractivity contribution < 1.29 is 18.4 Å². The molecule has 2 amide bonds. The molecular weight excluding hydrogens is 362 g/mol. The van der Waals surface area contributed by atoms with E-state index in [9.17, 15) is 18.4 Å². The molecule has 4 nitrogen and oxygen atoms in total. The van der Waals surface area contributed by atoms with Crippen LogP contribution in [0.2, 0.25) is 0 Å². The Labute approximate surface area is 163 Å². The van der Waals surface area contributed by atoms with Gasteiger partial charge in [0.05, 0.1) is 0 Å². The first kappa shape index (κ1) is 20.0. The third-order valence-electron chi connectivity index (χ3n) is 4.78. The molecule has 1 aliphatic rings. The molecule has 0 aliphatic carbocycles. The number of amides is 2. The van der Waals surface area contributed by atoms with E-state index in [2.05, 4.69) is 5.32 Å². The number of rotatable bonds is 5. The highest BCUT2D eigenvalue weighted by Crippen LogP contribution is 2.29. The molecule has 0 radical (unpaired) electrons. The lowest BCUT2D eigenvalue weighted by molar-refractivity contribution is -0.119. The first-order valence-corrected chi connectivity index (χ1v) is 9.50. The summed E-state index contributed by atoms with van der Waals surface area (Å²) in [5.74, 6) is -2.06. The second kappa shape index (κ2) is 8.50. The first-order valence-electron chi connectivity index (χ1n) is 9.50. The van der Waals surface area contributed by atoms with Crippen molar-refractivity contribution >= 4 is 17.5 Å². The van der Waals surface area contributed by atoms with E-state index in [1.807, 2.05) is 36.9 Å². The van der Waals surface area contributed by atoms with Gasteiger partial charge in [0, 0.05) is 30.8 Å². The van der Waals surface area contributed by atoms with E-state index in [4.69, 9.17) is 0 Å². The average Bonchev–Trinajstić information content (AvgIpc) is 2.67. The second-order valence-corrected chi connectivity index (χ2v) is 7.52. The lowest BCUT2D eigenvalue weighted by Gasteiger charge is -2.30. The van der Waals surface area contributed by atoms with Crippen molar-refractivity contribution in [2.24, 2.45) is 5.92 Å². The molecule has 0 spiro atoms. The molecule has 0 atom stereocenters. The largest absolute Gasteiger partial charge is 0.348 e. The van der Waals surface area contributed by atoms with Gasteiger partial charge in [-0.2, -0.15) is 0 Å². The van der Waals surface area contributed by atoms with Crippen LogP contribution < -0.4 is 10.2 Å². The van der Waals surface area contributed by atoms with E-state index in [-0.39, 0.29) is 18.0 Å². The predicted molar refractivity (Wildman–Crippen MR) is 104 cm³/mol. The molecule has 0 aromatic heterocycles. The summed E-state index contributed by atoms with van der Waals surface area (Å²) in [7, 11) is 0. The summed E-state index contributed by atoms with van der Waals surface area (Å²) in [5, 5.41) is 2.72. The molecule has 6 heteroatoms. The fourth-order valence-corrected chi connectivity index (χ4v) is 3.40. The minimum absolute atomic E-state index is 0.0716. The third kappa shape index (κ3) is 4.55. The minimum atomic E-state index is -1.05. The number of nitrogens with one attached hydrogen (secondary N) is 1. The summed E-state index contributed by atoms with van der Waals surface area (Å²) >= 11 is 0. The molecule has 2 aromatic rings. The lowest BCUT2D eigenvalue weighted by Crippen LogP contribution is -2.36.